The van der Waals surface area contributed by atoms with E-state index < -0.39 is 0 Å². The molecular formula is C28H33NO3. The number of benzene rings is 2. The standard InChI is InChI=1S/C28H33NO3/c1-27(2,3)22-11-13-23(14-12-22)32-25-24(28(25,4)5)26(30)31-19-29-16-15-21(18-29)17-20-9-7-6-8-10-20/h6-16,18,24-25H,17,19H2,1-5H3. The van der Waals surface area contributed by atoms with Crippen molar-refractivity contribution in [2.24, 2.45) is 11.3 Å². The number of nitrogens with zero attached hydrogens (tertiary/aromatic N) is 1. The predicted molar refractivity (Wildman–Crippen MR) is 127 cm³/mol. The van der Waals surface area contributed by atoms with E-state index in [1.165, 1.54) is 16.7 Å². The van der Waals surface area contributed by atoms with Crippen LogP contribution in [0.1, 0.15) is 51.3 Å². The lowest BCUT2D eigenvalue weighted by molar-refractivity contribution is -0.150. The SMILES string of the molecule is CC(C)(C)c1ccc(OC2C(C(=O)OCn3ccc(Cc4ccccc4)c3)C2(C)C)cc1. The van der Waals surface area contributed by atoms with Crippen molar-refractivity contribution in [3.05, 3.63) is 89.7 Å². The fourth-order valence-electron chi connectivity index (χ4n) is 4.15. The maximum atomic E-state index is 12.8. The third-order valence-electron chi connectivity index (χ3n) is 6.38. The van der Waals surface area contributed by atoms with Crippen LogP contribution in [-0.4, -0.2) is 16.6 Å². The largest absolute Gasteiger partial charge is 0.489 e. The summed E-state index contributed by atoms with van der Waals surface area (Å²) in [7, 11) is 0. The van der Waals surface area contributed by atoms with Gasteiger partial charge in [-0.05, 0) is 46.7 Å². The first-order valence-electron chi connectivity index (χ1n) is 11.3. The Hall–Kier alpha value is -3.01. The van der Waals surface area contributed by atoms with Crippen molar-refractivity contribution >= 4 is 5.97 Å². The first-order chi connectivity index (χ1) is 15.1. The number of hydrogen-bond acceptors (Lipinski definition) is 3. The highest BCUT2D eigenvalue weighted by Crippen LogP contribution is 2.54. The molecule has 1 saturated carbocycles. The Kier molecular flexibility index (Phi) is 5.89. The molecule has 2 unspecified atom stereocenters. The molecule has 0 radical (unpaired) electrons. The van der Waals surface area contributed by atoms with Gasteiger partial charge in [-0.25, -0.2) is 0 Å². The highest BCUT2D eigenvalue weighted by Gasteiger charge is 2.65. The second-order valence-electron chi connectivity index (χ2n) is 10.4. The average Bonchev–Trinajstić information content (AvgIpc) is 3.06. The molecule has 1 aromatic heterocycles. The molecule has 1 heterocycles. The van der Waals surface area contributed by atoms with Gasteiger partial charge in [-0.15, -0.1) is 0 Å². The van der Waals surface area contributed by atoms with E-state index in [4.69, 9.17) is 9.47 Å². The van der Waals surface area contributed by atoms with Crippen molar-refractivity contribution in [1.29, 1.82) is 0 Å². The lowest BCUT2D eigenvalue weighted by Gasteiger charge is -2.19. The van der Waals surface area contributed by atoms with Gasteiger partial charge in [-0.2, -0.15) is 0 Å². The minimum Gasteiger partial charge on any atom is -0.489 e. The van der Waals surface area contributed by atoms with Gasteiger partial charge in [0, 0.05) is 17.8 Å². The predicted octanol–water partition coefficient (Wildman–Crippen LogP) is 5.98. The number of carbonyl (C=O) groups is 1. The van der Waals surface area contributed by atoms with E-state index in [2.05, 4.69) is 65.0 Å². The second-order valence-corrected chi connectivity index (χ2v) is 10.4. The molecule has 2 aromatic carbocycles. The lowest BCUT2D eigenvalue weighted by atomic mass is 9.87. The molecule has 1 aliphatic carbocycles. The number of rotatable bonds is 7. The van der Waals surface area contributed by atoms with Crippen LogP contribution < -0.4 is 4.74 Å². The molecule has 0 saturated heterocycles. The van der Waals surface area contributed by atoms with Gasteiger partial charge in [-0.3, -0.25) is 4.79 Å². The fourth-order valence-corrected chi connectivity index (χ4v) is 4.15. The first kappa shape index (κ1) is 22.2. The molecule has 1 aliphatic rings. The van der Waals surface area contributed by atoms with Crippen LogP contribution >= 0.6 is 0 Å². The van der Waals surface area contributed by atoms with Crippen LogP contribution in [0.25, 0.3) is 0 Å². The van der Waals surface area contributed by atoms with Crippen LogP contribution in [0.4, 0.5) is 0 Å². The van der Waals surface area contributed by atoms with Crippen LogP contribution in [0.5, 0.6) is 5.75 Å². The highest BCUT2D eigenvalue weighted by molar-refractivity contribution is 5.78. The van der Waals surface area contributed by atoms with Gasteiger partial charge < -0.3 is 14.0 Å². The summed E-state index contributed by atoms with van der Waals surface area (Å²) in [5, 5.41) is 0. The van der Waals surface area contributed by atoms with Gasteiger partial charge in [-0.1, -0.05) is 77.1 Å². The summed E-state index contributed by atoms with van der Waals surface area (Å²) in [6, 6.07) is 20.6. The maximum Gasteiger partial charge on any atom is 0.315 e. The fraction of sp³-hybridized carbons (Fsp3) is 0.393. The smallest absolute Gasteiger partial charge is 0.315 e. The van der Waals surface area contributed by atoms with Gasteiger partial charge in [0.05, 0.1) is 0 Å². The van der Waals surface area contributed by atoms with Gasteiger partial charge in [0.25, 0.3) is 0 Å². The molecule has 0 spiro atoms. The highest BCUT2D eigenvalue weighted by atomic mass is 16.6. The summed E-state index contributed by atoms with van der Waals surface area (Å²) in [5.41, 5.74) is 3.57. The Morgan fingerprint density at radius 1 is 0.969 bits per heavy atom. The molecule has 32 heavy (non-hydrogen) atoms. The zero-order valence-electron chi connectivity index (χ0n) is 19.7. The number of esters is 1. The molecule has 2 atom stereocenters. The number of carbonyl (C=O) groups excluding carboxylic acids is 1. The molecular weight excluding hydrogens is 398 g/mol. The van der Waals surface area contributed by atoms with E-state index in [-0.39, 0.29) is 35.6 Å². The summed E-state index contributed by atoms with van der Waals surface area (Å²) < 4.78 is 13.7. The van der Waals surface area contributed by atoms with E-state index >= 15 is 0 Å². The van der Waals surface area contributed by atoms with Crippen LogP contribution in [0.3, 0.4) is 0 Å². The molecule has 4 heteroatoms. The van der Waals surface area contributed by atoms with E-state index in [1.807, 2.05) is 47.3 Å². The van der Waals surface area contributed by atoms with E-state index in [9.17, 15) is 4.79 Å². The van der Waals surface area contributed by atoms with Crippen molar-refractivity contribution in [2.75, 3.05) is 0 Å². The van der Waals surface area contributed by atoms with Crippen molar-refractivity contribution in [2.45, 2.75) is 59.3 Å². The van der Waals surface area contributed by atoms with Crippen molar-refractivity contribution in [3.8, 4) is 5.75 Å². The molecule has 0 aliphatic heterocycles. The monoisotopic (exact) mass is 431 g/mol. The molecule has 4 nitrogen and oxygen atoms in total. The average molecular weight is 432 g/mol. The first-order valence-corrected chi connectivity index (χ1v) is 11.3. The molecule has 0 amide bonds. The summed E-state index contributed by atoms with van der Waals surface area (Å²) in [6.45, 7) is 10.9. The van der Waals surface area contributed by atoms with Crippen LogP contribution in [0.2, 0.25) is 0 Å². The third kappa shape index (κ3) is 4.90. The Morgan fingerprint density at radius 2 is 1.66 bits per heavy atom. The molecule has 1 fully saturated rings. The third-order valence-corrected chi connectivity index (χ3v) is 6.38. The number of ether oxygens (including phenoxy) is 2. The summed E-state index contributed by atoms with van der Waals surface area (Å²) in [5.74, 6) is 0.330. The Balaban J connectivity index is 1.31. The number of aromatic nitrogens is 1. The molecule has 0 bridgehead atoms. The van der Waals surface area contributed by atoms with Crippen molar-refractivity contribution in [3.63, 3.8) is 0 Å². The van der Waals surface area contributed by atoms with Gasteiger partial charge in [0.15, 0.2) is 6.73 Å². The normalized spacial score (nSPS) is 19.4. The van der Waals surface area contributed by atoms with Crippen LogP contribution in [0, 0.1) is 11.3 Å². The zero-order chi connectivity index (χ0) is 22.9. The zero-order valence-corrected chi connectivity index (χ0v) is 19.7. The van der Waals surface area contributed by atoms with Gasteiger partial charge >= 0.3 is 5.97 Å². The van der Waals surface area contributed by atoms with E-state index in [0.717, 1.165) is 12.2 Å². The minimum absolute atomic E-state index is 0.100. The van der Waals surface area contributed by atoms with Crippen molar-refractivity contribution in [1.82, 2.24) is 4.57 Å². The second kappa shape index (κ2) is 8.50. The Labute approximate surface area is 191 Å². The summed E-state index contributed by atoms with van der Waals surface area (Å²) in [4.78, 5) is 12.8. The summed E-state index contributed by atoms with van der Waals surface area (Å²) >= 11 is 0. The Morgan fingerprint density at radius 3 is 2.31 bits per heavy atom. The van der Waals surface area contributed by atoms with Gasteiger partial charge in [0.1, 0.15) is 17.8 Å². The van der Waals surface area contributed by atoms with Gasteiger partial charge in [0.2, 0.25) is 0 Å². The van der Waals surface area contributed by atoms with Crippen LogP contribution in [0.15, 0.2) is 73.1 Å². The summed E-state index contributed by atoms with van der Waals surface area (Å²) in [6.07, 6.45) is 4.67. The Bertz CT molecular complexity index is 1060. The maximum absolute atomic E-state index is 12.8. The molecule has 3 aromatic rings. The molecule has 168 valence electrons. The quantitative estimate of drug-likeness (QED) is 0.432. The lowest BCUT2D eigenvalue weighted by Crippen LogP contribution is -2.14. The molecule has 4 rings (SSSR count). The van der Waals surface area contributed by atoms with E-state index in [1.54, 1.807) is 0 Å². The van der Waals surface area contributed by atoms with E-state index in [0.29, 0.717) is 0 Å². The number of hydrogen-bond donors (Lipinski definition) is 0. The van der Waals surface area contributed by atoms with Crippen LogP contribution in [-0.2, 0) is 28.1 Å². The topological polar surface area (TPSA) is 40.5 Å². The van der Waals surface area contributed by atoms with Crippen molar-refractivity contribution < 1.29 is 14.3 Å². The minimum atomic E-state index is -0.260. The molecule has 0 N–H and O–H groups in total.